The van der Waals surface area contributed by atoms with E-state index in [4.69, 9.17) is 14.6 Å². The van der Waals surface area contributed by atoms with Crippen molar-refractivity contribution in [2.75, 3.05) is 32.8 Å². The maximum Gasteiger partial charge on any atom is 0.290 e. The largest absolute Gasteiger partial charge is 0.483 e. The molecule has 1 atom stereocenters. The molecule has 22 heavy (non-hydrogen) atoms. The summed E-state index contributed by atoms with van der Waals surface area (Å²) in [5.74, 6) is 0.802. The summed E-state index contributed by atoms with van der Waals surface area (Å²) in [4.78, 5) is 11.0. The molecule has 0 spiro atoms. The molecular formula is C18H29NO3. The zero-order chi connectivity index (χ0) is 16.0. The predicted molar refractivity (Wildman–Crippen MR) is 89.1 cm³/mol. The van der Waals surface area contributed by atoms with E-state index in [1.165, 1.54) is 50.9 Å². The highest BCUT2D eigenvalue weighted by Gasteiger charge is 2.16. The number of carboxylic acid groups (broad SMARTS) is 1. The van der Waals surface area contributed by atoms with Gasteiger partial charge in [0.1, 0.15) is 0 Å². The van der Waals surface area contributed by atoms with E-state index in [0.29, 0.717) is 0 Å². The first-order chi connectivity index (χ1) is 10.8. The second kappa shape index (κ2) is 12.2. The van der Waals surface area contributed by atoms with Gasteiger partial charge in [0.05, 0.1) is 0 Å². The zero-order valence-corrected chi connectivity index (χ0v) is 13.6. The van der Waals surface area contributed by atoms with Crippen molar-refractivity contribution in [1.29, 1.82) is 0 Å². The van der Waals surface area contributed by atoms with E-state index in [-0.39, 0.29) is 6.47 Å². The van der Waals surface area contributed by atoms with Crippen molar-refractivity contribution in [1.82, 2.24) is 4.90 Å². The van der Waals surface area contributed by atoms with Gasteiger partial charge in [-0.1, -0.05) is 37.3 Å². The van der Waals surface area contributed by atoms with Crippen LogP contribution in [0.3, 0.4) is 0 Å². The Labute approximate surface area is 134 Å². The lowest BCUT2D eigenvalue weighted by Gasteiger charge is -2.23. The molecule has 1 unspecified atom stereocenters. The van der Waals surface area contributed by atoms with Crippen LogP contribution < -0.4 is 0 Å². The molecule has 1 aromatic carbocycles. The molecule has 0 bridgehead atoms. The summed E-state index contributed by atoms with van der Waals surface area (Å²) in [6.45, 7) is 7.62. The van der Waals surface area contributed by atoms with Crippen LogP contribution in [0, 0.1) is 5.92 Å². The number of benzene rings is 1. The Morgan fingerprint density at radius 2 is 2.00 bits per heavy atom. The molecule has 1 fully saturated rings. The van der Waals surface area contributed by atoms with Gasteiger partial charge in [-0.2, -0.15) is 0 Å². The standard InChI is InChI=1S/C17H27NO.CH2O2/c1-2-11-18(13-9-17-10-14-19-15-17)12-8-16-6-4-3-5-7-16;2-1-3/h3-7,17H,2,8-15H2,1H3;1H,(H,2,3). The van der Waals surface area contributed by atoms with Gasteiger partial charge in [0.2, 0.25) is 0 Å². The van der Waals surface area contributed by atoms with Gasteiger partial charge < -0.3 is 14.7 Å². The van der Waals surface area contributed by atoms with Crippen LogP contribution in [-0.2, 0) is 16.0 Å². The van der Waals surface area contributed by atoms with Crippen molar-refractivity contribution in [3.63, 3.8) is 0 Å². The quantitative estimate of drug-likeness (QED) is 0.750. The summed E-state index contributed by atoms with van der Waals surface area (Å²) in [7, 11) is 0. The Morgan fingerprint density at radius 3 is 2.59 bits per heavy atom. The Bertz CT molecular complexity index is 377. The van der Waals surface area contributed by atoms with Crippen LogP contribution in [0.5, 0.6) is 0 Å². The average Bonchev–Trinajstić information content (AvgIpc) is 3.05. The summed E-state index contributed by atoms with van der Waals surface area (Å²) in [6.07, 6.45) is 4.98. The van der Waals surface area contributed by atoms with Crippen LogP contribution in [-0.4, -0.2) is 49.3 Å². The Hall–Kier alpha value is -1.39. The van der Waals surface area contributed by atoms with Crippen molar-refractivity contribution in [2.24, 2.45) is 5.92 Å². The third-order valence-electron chi connectivity index (χ3n) is 3.98. The van der Waals surface area contributed by atoms with Gasteiger partial charge in [0.25, 0.3) is 6.47 Å². The van der Waals surface area contributed by atoms with Gasteiger partial charge in [-0.15, -0.1) is 0 Å². The SMILES string of the molecule is CCCN(CCc1ccccc1)CCC1CCOC1.O=CO. The maximum atomic E-state index is 8.36. The summed E-state index contributed by atoms with van der Waals surface area (Å²) in [6, 6.07) is 10.8. The first-order valence-electron chi connectivity index (χ1n) is 8.22. The molecular weight excluding hydrogens is 278 g/mol. The fourth-order valence-electron chi connectivity index (χ4n) is 2.76. The number of hydrogen-bond acceptors (Lipinski definition) is 3. The lowest BCUT2D eigenvalue weighted by Crippen LogP contribution is -2.29. The minimum absolute atomic E-state index is 0.250. The van der Waals surface area contributed by atoms with Gasteiger partial charge in [-0.25, -0.2) is 0 Å². The highest BCUT2D eigenvalue weighted by Crippen LogP contribution is 2.16. The molecule has 4 nitrogen and oxygen atoms in total. The smallest absolute Gasteiger partial charge is 0.290 e. The molecule has 1 aliphatic rings. The van der Waals surface area contributed by atoms with Crippen molar-refractivity contribution in [2.45, 2.75) is 32.6 Å². The van der Waals surface area contributed by atoms with Crippen molar-refractivity contribution < 1.29 is 14.6 Å². The van der Waals surface area contributed by atoms with E-state index in [0.717, 1.165) is 19.1 Å². The van der Waals surface area contributed by atoms with Crippen LogP contribution in [0.25, 0.3) is 0 Å². The molecule has 2 rings (SSSR count). The van der Waals surface area contributed by atoms with Gasteiger partial charge in [-0.05, 0) is 50.3 Å². The van der Waals surface area contributed by atoms with Gasteiger partial charge in [-0.3, -0.25) is 4.79 Å². The second-order valence-corrected chi connectivity index (χ2v) is 5.70. The lowest BCUT2D eigenvalue weighted by atomic mass is 10.0. The van der Waals surface area contributed by atoms with Crippen molar-refractivity contribution in [3.8, 4) is 0 Å². The van der Waals surface area contributed by atoms with Gasteiger partial charge in [0.15, 0.2) is 0 Å². The monoisotopic (exact) mass is 307 g/mol. The van der Waals surface area contributed by atoms with Gasteiger partial charge in [0, 0.05) is 19.8 Å². The van der Waals surface area contributed by atoms with E-state index in [1.54, 1.807) is 0 Å². The van der Waals surface area contributed by atoms with E-state index >= 15 is 0 Å². The minimum Gasteiger partial charge on any atom is -0.483 e. The number of nitrogens with zero attached hydrogens (tertiary/aromatic N) is 1. The summed E-state index contributed by atoms with van der Waals surface area (Å²) in [5.41, 5.74) is 1.45. The highest BCUT2D eigenvalue weighted by atomic mass is 16.5. The first-order valence-corrected chi connectivity index (χ1v) is 8.22. The Kier molecular flexibility index (Phi) is 10.3. The topological polar surface area (TPSA) is 49.8 Å². The van der Waals surface area contributed by atoms with Crippen molar-refractivity contribution in [3.05, 3.63) is 35.9 Å². The van der Waals surface area contributed by atoms with Gasteiger partial charge >= 0.3 is 0 Å². The fraction of sp³-hybridized carbons (Fsp3) is 0.611. The Balaban J connectivity index is 0.000000745. The number of hydrogen-bond donors (Lipinski definition) is 1. The normalized spacial score (nSPS) is 17.1. The molecule has 0 saturated carbocycles. The van der Waals surface area contributed by atoms with Crippen molar-refractivity contribution >= 4 is 6.47 Å². The molecule has 1 heterocycles. The summed E-state index contributed by atoms with van der Waals surface area (Å²) >= 11 is 0. The average molecular weight is 307 g/mol. The third-order valence-corrected chi connectivity index (χ3v) is 3.98. The Morgan fingerprint density at radius 1 is 1.27 bits per heavy atom. The third kappa shape index (κ3) is 8.15. The predicted octanol–water partition coefficient (Wildman–Crippen LogP) is 3.07. The van der Waals surface area contributed by atoms with Crippen LogP contribution in [0.2, 0.25) is 0 Å². The fourth-order valence-corrected chi connectivity index (χ4v) is 2.76. The minimum atomic E-state index is -0.250. The van der Waals surface area contributed by atoms with E-state index in [9.17, 15) is 0 Å². The molecule has 0 radical (unpaired) electrons. The molecule has 0 aromatic heterocycles. The molecule has 1 saturated heterocycles. The van der Waals surface area contributed by atoms with Crippen LogP contribution >= 0.6 is 0 Å². The number of ether oxygens (including phenoxy) is 1. The van der Waals surface area contributed by atoms with Crippen LogP contribution in [0.1, 0.15) is 31.7 Å². The first kappa shape index (κ1) is 18.7. The molecule has 0 amide bonds. The molecule has 1 aromatic rings. The highest BCUT2D eigenvalue weighted by molar-refractivity contribution is 5.32. The number of carbonyl (C=O) groups is 1. The summed E-state index contributed by atoms with van der Waals surface area (Å²) < 4.78 is 5.46. The number of rotatable bonds is 8. The molecule has 1 aliphatic heterocycles. The van der Waals surface area contributed by atoms with Crippen LogP contribution in [0.4, 0.5) is 0 Å². The molecule has 1 N–H and O–H groups in total. The second-order valence-electron chi connectivity index (χ2n) is 5.70. The van der Waals surface area contributed by atoms with E-state index in [2.05, 4.69) is 42.2 Å². The zero-order valence-electron chi connectivity index (χ0n) is 13.6. The molecule has 0 aliphatic carbocycles. The van der Waals surface area contributed by atoms with Crippen LogP contribution in [0.15, 0.2) is 30.3 Å². The molecule has 124 valence electrons. The molecule has 4 heteroatoms. The maximum absolute atomic E-state index is 8.36. The lowest BCUT2D eigenvalue weighted by molar-refractivity contribution is -0.122. The van der Waals surface area contributed by atoms with E-state index in [1.807, 2.05) is 0 Å². The van der Waals surface area contributed by atoms with E-state index < -0.39 is 0 Å². The summed E-state index contributed by atoms with van der Waals surface area (Å²) in [5, 5.41) is 6.89.